The van der Waals surface area contributed by atoms with Gasteiger partial charge >= 0.3 is 0 Å². The molecule has 0 aliphatic rings. The highest BCUT2D eigenvalue weighted by molar-refractivity contribution is 6.33. The molecule has 0 aromatic heterocycles. The normalized spacial score (nSPS) is 10.4. The monoisotopic (exact) mass is 306 g/mol. The molecule has 110 valence electrons. The van der Waals surface area contributed by atoms with Crippen molar-refractivity contribution in [2.75, 3.05) is 12.4 Å². The summed E-state index contributed by atoms with van der Waals surface area (Å²) in [6, 6.07) is 12.2. The zero-order valence-electron chi connectivity index (χ0n) is 11.5. The van der Waals surface area contributed by atoms with Gasteiger partial charge in [-0.2, -0.15) is 0 Å². The second kappa shape index (κ2) is 7.06. The molecular weight excluding hydrogens is 292 g/mol. The molecule has 0 aliphatic carbocycles. The van der Waals surface area contributed by atoms with Gasteiger partial charge in [0.2, 0.25) is 0 Å². The maximum Gasteiger partial charge on any atom is 0.271 e. The first kappa shape index (κ1) is 15.3. The van der Waals surface area contributed by atoms with Crippen LogP contribution in [-0.2, 0) is 17.9 Å². The Morgan fingerprint density at radius 1 is 1.24 bits per heavy atom. The molecule has 0 amide bonds. The van der Waals surface area contributed by atoms with Gasteiger partial charge < -0.3 is 10.1 Å². The molecule has 0 radical (unpaired) electrons. The molecule has 2 aromatic carbocycles. The maximum atomic E-state index is 10.8. The molecule has 0 heterocycles. The molecule has 1 N–H and O–H groups in total. The topological polar surface area (TPSA) is 64.4 Å². The van der Waals surface area contributed by atoms with E-state index in [-0.39, 0.29) is 5.69 Å². The molecule has 0 aliphatic heterocycles. The molecule has 2 aromatic rings. The minimum Gasteiger partial charge on any atom is -0.380 e. The third-order valence-electron chi connectivity index (χ3n) is 2.95. The third kappa shape index (κ3) is 4.18. The number of hydrogen-bond donors (Lipinski definition) is 1. The Balaban J connectivity index is 2.10. The van der Waals surface area contributed by atoms with E-state index >= 15 is 0 Å². The fourth-order valence-corrected chi connectivity index (χ4v) is 2.14. The number of nitro groups is 1. The molecule has 0 atom stereocenters. The Kier molecular flexibility index (Phi) is 5.14. The Hall–Kier alpha value is -2.11. The van der Waals surface area contributed by atoms with Gasteiger partial charge in [0.15, 0.2) is 0 Å². The molecule has 2 rings (SSSR count). The van der Waals surface area contributed by atoms with E-state index in [1.807, 2.05) is 24.3 Å². The van der Waals surface area contributed by atoms with Gasteiger partial charge in [-0.15, -0.1) is 0 Å². The predicted octanol–water partition coefficient (Wildman–Crippen LogP) is 4.01. The number of rotatable bonds is 6. The third-order valence-corrected chi connectivity index (χ3v) is 3.28. The first-order valence-electron chi connectivity index (χ1n) is 6.34. The fourth-order valence-electron chi connectivity index (χ4n) is 1.96. The van der Waals surface area contributed by atoms with Crippen LogP contribution in [0, 0.1) is 10.1 Å². The Bertz CT molecular complexity index is 647. The molecule has 6 heteroatoms. The minimum absolute atomic E-state index is 0.00929. The first-order valence-corrected chi connectivity index (χ1v) is 6.72. The van der Waals surface area contributed by atoms with Crippen LogP contribution in [0.3, 0.4) is 0 Å². The van der Waals surface area contributed by atoms with Gasteiger partial charge in [0.05, 0.1) is 22.2 Å². The van der Waals surface area contributed by atoms with Crippen LogP contribution in [0.5, 0.6) is 0 Å². The number of anilines is 1. The predicted molar refractivity (Wildman–Crippen MR) is 82.6 cm³/mol. The highest BCUT2D eigenvalue weighted by Crippen LogP contribution is 2.27. The summed E-state index contributed by atoms with van der Waals surface area (Å²) in [5.74, 6) is 0. The lowest BCUT2D eigenvalue weighted by Gasteiger charge is -2.09. The smallest absolute Gasteiger partial charge is 0.271 e. The van der Waals surface area contributed by atoms with Crippen LogP contribution in [0.1, 0.15) is 11.1 Å². The second-order valence-corrected chi connectivity index (χ2v) is 4.93. The quantitative estimate of drug-likeness (QED) is 0.647. The zero-order valence-corrected chi connectivity index (χ0v) is 12.3. The van der Waals surface area contributed by atoms with Gasteiger partial charge in [-0.1, -0.05) is 35.9 Å². The van der Waals surface area contributed by atoms with Gasteiger partial charge in [-0.05, 0) is 17.2 Å². The number of hydrogen-bond acceptors (Lipinski definition) is 4. The van der Waals surface area contributed by atoms with E-state index < -0.39 is 4.92 Å². The molecular formula is C15H15ClN2O3. The van der Waals surface area contributed by atoms with E-state index in [1.54, 1.807) is 7.11 Å². The van der Waals surface area contributed by atoms with Gasteiger partial charge in [0, 0.05) is 25.8 Å². The number of halogens is 1. The van der Waals surface area contributed by atoms with Gasteiger partial charge in [0.25, 0.3) is 5.69 Å². The van der Waals surface area contributed by atoms with Crippen molar-refractivity contribution >= 4 is 23.0 Å². The SMILES string of the molecule is COCc1cccc(CNc2cc([N+](=O)[O-])ccc2Cl)c1. The zero-order chi connectivity index (χ0) is 15.2. The van der Waals surface area contributed by atoms with E-state index in [2.05, 4.69) is 5.32 Å². The molecule has 0 bridgehead atoms. The molecule has 0 saturated carbocycles. The fraction of sp³-hybridized carbons (Fsp3) is 0.200. The average Bonchev–Trinajstić information content (AvgIpc) is 2.47. The van der Waals surface area contributed by atoms with Crippen molar-refractivity contribution in [1.82, 2.24) is 0 Å². The van der Waals surface area contributed by atoms with E-state index in [4.69, 9.17) is 16.3 Å². The number of non-ortho nitro benzene ring substituents is 1. The van der Waals surface area contributed by atoms with Crippen molar-refractivity contribution in [3.63, 3.8) is 0 Å². The standard InChI is InChI=1S/C15H15ClN2O3/c1-21-10-12-4-2-3-11(7-12)9-17-15-8-13(18(19)20)5-6-14(15)16/h2-8,17H,9-10H2,1H3. The summed E-state index contributed by atoms with van der Waals surface area (Å²) < 4.78 is 5.09. The summed E-state index contributed by atoms with van der Waals surface area (Å²) in [5, 5.41) is 14.3. The van der Waals surface area contributed by atoms with Gasteiger partial charge in [0.1, 0.15) is 0 Å². The van der Waals surface area contributed by atoms with Crippen LogP contribution >= 0.6 is 11.6 Å². The van der Waals surface area contributed by atoms with Crippen molar-refractivity contribution in [2.45, 2.75) is 13.2 Å². The lowest BCUT2D eigenvalue weighted by Crippen LogP contribution is -2.01. The highest BCUT2D eigenvalue weighted by Gasteiger charge is 2.09. The molecule has 0 fully saturated rings. The van der Waals surface area contributed by atoms with Crippen LogP contribution in [-0.4, -0.2) is 12.0 Å². The summed E-state index contributed by atoms with van der Waals surface area (Å²) in [6.07, 6.45) is 0. The van der Waals surface area contributed by atoms with Crippen LogP contribution in [0.25, 0.3) is 0 Å². The van der Waals surface area contributed by atoms with Crippen LogP contribution < -0.4 is 5.32 Å². The van der Waals surface area contributed by atoms with Gasteiger partial charge in [-0.3, -0.25) is 10.1 Å². The Morgan fingerprint density at radius 3 is 2.71 bits per heavy atom. The van der Waals surface area contributed by atoms with Crippen molar-refractivity contribution in [1.29, 1.82) is 0 Å². The van der Waals surface area contributed by atoms with Crippen molar-refractivity contribution in [2.24, 2.45) is 0 Å². The molecule has 21 heavy (non-hydrogen) atoms. The summed E-state index contributed by atoms with van der Waals surface area (Å²) >= 11 is 6.04. The van der Waals surface area contributed by atoms with Crippen LogP contribution in [0.4, 0.5) is 11.4 Å². The summed E-state index contributed by atoms with van der Waals surface area (Å²) in [5.41, 5.74) is 2.67. The van der Waals surface area contributed by atoms with E-state index in [0.717, 1.165) is 11.1 Å². The average molecular weight is 307 g/mol. The van der Waals surface area contributed by atoms with Crippen LogP contribution in [0.2, 0.25) is 5.02 Å². The number of nitro benzene ring substituents is 1. The Labute approximate surface area is 127 Å². The van der Waals surface area contributed by atoms with Crippen LogP contribution in [0.15, 0.2) is 42.5 Å². The van der Waals surface area contributed by atoms with Crippen molar-refractivity contribution in [3.8, 4) is 0 Å². The first-order chi connectivity index (χ1) is 10.1. The number of nitrogens with one attached hydrogen (secondary N) is 1. The lowest BCUT2D eigenvalue weighted by atomic mass is 10.1. The van der Waals surface area contributed by atoms with Crippen molar-refractivity contribution in [3.05, 3.63) is 68.7 Å². The maximum absolute atomic E-state index is 10.8. The van der Waals surface area contributed by atoms with E-state index in [0.29, 0.717) is 23.9 Å². The highest BCUT2D eigenvalue weighted by atomic mass is 35.5. The summed E-state index contributed by atoms with van der Waals surface area (Å²) in [6.45, 7) is 1.07. The minimum atomic E-state index is -0.444. The van der Waals surface area contributed by atoms with E-state index in [9.17, 15) is 10.1 Å². The number of nitrogens with zero attached hydrogens (tertiary/aromatic N) is 1. The summed E-state index contributed by atoms with van der Waals surface area (Å²) in [7, 11) is 1.65. The second-order valence-electron chi connectivity index (χ2n) is 4.53. The molecule has 0 unspecified atom stereocenters. The lowest BCUT2D eigenvalue weighted by molar-refractivity contribution is -0.384. The van der Waals surface area contributed by atoms with Gasteiger partial charge in [-0.25, -0.2) is 0 Å². The number of ether oxygens (including phenoxy) is 1. The number of benzene rings is 2. The van der Waals surface area contributed by atoms with E-state index in [1.165, 1.54) is 18.2 Å². The molecule has 0 spiro atoms. The molecule has 5 nitrogen and oxygen atoms in total. The van der Waals surface area contributed by atoms with Crippen molar-refractivity contribution < 1.29 is 9.66 Å². The number of methoxy groups -OCH3 is 1. The summed E-state index contributed by atoms with van der Waals surface area (Å²) in [4.78, 5) is 10.3. The Morgan fingerprint density at radius 2 is 2.00 bits per heavy atom. The molecule has 0 saturated heterocycles. The largest absolute Gasteiger partial charge is 0.380 e.